The molecule has 1 amide bonds. The third-order valence-corrected chi connectivity index (χ3v) is 4.42. The standard InChI is InChI=1S/C18H27NO/c1-3-19(17-7-5-4-6-8-17)18(20)14-13-16-11-9-15(2)10-12-16/h9-12,17H,3-8,13-14H2,1-2H3. The highest BCUT2D eigenvalue weighted by Crippen LogP contribution is 2.23. The van der Waals surface area contributed by atoms with Gasteiger partial charge in [0.05, 0.1) is 0 Å². The largest absolute Gasteiger partial charge is 0.340 e. The summed E-state index contributed by atoms with van der Waals surface area (Å²) in [7, 11) is 0. The number of hydrogen-bond acceptors (Lipinski definition) is 1. The molecule has 0 N–H and O–H groups in total. The number of nitrogens with zero attached hydrogens (tertiary/aromatic N) is 1. The summed E-state index contributed by atoms with van der Waals surface area (Å²) >= 11 is 0. The molecule has 1 aromatic rings. The minimum Gasteiger partial charge on any atom is -0.340 e. The Morgan fingerprint density at radius 3 is 2.40 bits per heavy atom. The SMILES string of the molecule is CCN(C(=O)CCc1ccc(C)cc1)C1CCCCC1. The second-order valence-corrected chi connectivity index (χ2v) is 5.96. The van der Waals surface area contributed by atoms with E-state index in [-0.39, 0.29) is 0 Å². The van der Waals surface area contributed by atoms with Gasteiger partial charge in [0.1, 0.15) is 0 Å². The average Bonchev–Trinajstić information content (AvgIpc) is 2.48. The first-order chi connectivity index (χ1) is 9.70. The van der Waals surface area contributed by atoms with Gasteiger partial charge in [0, 0.05) is 19.0 Å². The smallest absolute Gasteiger partial charge is 0.223 e. The number of hydrogen-bond donors (Lipinski definition) is 0. The summed E-state index contributed by atoms with van der Waals surface area (Å²) in [5.74, 6) is 0.333. The van der Waals surface area contributed by atoms with Crippen molar-refractivity contribution in [1.82, 2.24) is 4.90 Å². The highest BCUT2D eigenvalue weighted by Gasteiger charge is 2.23. The van der Waals surface area contributed by atoms with Crippen LogP contribution in [-0.4, -0.2) is 23.4 Å². The number of amides is 1. The van der Waals surface area contributed by atoms with Crippen molar-refractivity contribution < 1.29 is 4.79 Å². The van der Waals surface area contributed by atoms with E-state index in [0.29, 0.717) is 18.4 Å². The van der Waals surface area contributed by atoms with Crippen LogP contribution in [0.1, 0.15) is 56.6 Å². The van der Waals surface area contributed by atoms with Gasteiger partial charge in [-0.2, -0.15) is 0 Å². The van der Waals surface area contributed by atoms with Gasteiger partial charge in [0.25, 0.3) is 0 Å². The molecule has 1 saturated carbocycles. The topological polar surface area (TPSA) is 20.3 Å². The van der Waals surface area contributed by atoms with Gasteiger partial charge in [0.15, 0.2) is 0 Å². The predicted molar refractivity (Wildman–Crippen MR) is 83.8 cm³/mol. The fourth-order valence-corrected chi connectivity index (χ4v) is 3.18. The number of rotatable bonds is 5. The zero-order valence-corrected chi connectivity index (χ0v) is 12.9. The molecule has 0 aromatic heterocycles. The molecule has 0 bridgehead atoms. The van der Waals surface area contributed by atoms with Crippen molar-refractivity contribution in [3.05, 3.63) is 35.4 Å². The maximum absolute atomic E-state index is 12.4. The van der Waals surface area contributed by atoms with Crippen LogP contribution in [0.3, 0.4) is 0 Å². The first kappa shape index (κ1) is 15.1. The predicted octanol–water partition coefficient (Wildman–Crippen LogP) is 4.11. The minimum absolute atomic E-state index is 0.333. The van der Waals surface area contributed by atoms with E-state index >= 15 is 0 Å². The van der Waals surface area contributed by atoms with Gasteiger partial charge in [-0.25, -0.2) is 0 Å². The molecule has 0 unspecified atom stereocenters. The lowest BCUT2D eigenvalue weighted by atomic mass is 9.94. The number of carbonyl (C=O) groups is 1. The fraction of sp³-hybridized carbons (Fsp3) is 0.611. The lowest BCUT2D eigenvalue weighted by Gasteiger charge is -2.33. The summed E-state index contributed by atoms with van der Waals surface area (Å²) in [4.78, 5) is 14.6. The molecule has 1 aliphatic rings. The molecule has 2 nitrogen and oxygen atoms in total. The molecule has 0 aliphatic heterocycles. The second-order valence-electron chi connectivity index (χ2n) is 5.96. The van der Waals surface area contributed by atoms with Gasteiger partial charge in [-0.15, -0.1) is 0 Å². The molecular formula is C18H27NO. The van der Waals surface area contributed by atoms with E-state index in [4.69, 9.17) is 0 Å². The molecule has 2 heteroatoms. The fourth-order valence-electron chi connectivity index (χ4n) is 3.18. The van der Waals surface area contributed by atoms with Crippen LogP contribution >= 0.6 is 0 Å². The van der Waals surface area contributed by atoms with Crippen molar-refractivity contribution >= 4 is 5.91 Å². The van der Waals surface area contributed by atoms with Crippen molar-refractivity contribution in [2.45, 2.75) is 64.8 Å². The number of carbonyl (C=O) groups excluding carboxylic acids is 1. The summed E-state index contributed by atoms with van der Waals surface area (Å²) < 4.78 is 0. The molecule has 1 aliphatic carbocycles. The molecule has 0 saturated heterocycles. The highest BCUT2D eigenvalue weighted by molar-refractivity contribution is 5.76. The summed E-state index contributed by atoms with van der Waals surface area (Å²) in [5, 5.41) is 0. The van der Waals surface area contributed by atoms with Gasteiger partial charge in [-0.05, 0) is 38.7 Å². The first-order valence-electron chi connectivity index (χ1n) is 8.05. The van der Waals surface area contributed by atoms with Crippen LogP contribution in [0.5, 0.6) is 0 Å². The average molecular weight is 273 g/mol. The van der Waals surface area contributed by atoms with Crippen LogP contribution in [0.2, 0.25) is 0 Å². The Bertz CT molecular complexity index is 418. The molecule has 20 heavy (non-hydrogen) atoms. The van der Waals surface area contributed by atoms with Crippen molar-refractivity contribution in [3.8, 4) is 0 Å². The summed E-state index contributed by atoms with van der Waals surface area (Å²) in [6.45, 7) is 5.06. The third-order valence-electron chi connectivity index (χ3n) is 4.42. The summed E-state index contributed by atoms with van der Waals surface area (Å²) in [5.41, 5.74) is 2.54. The van der Waals surface area contributed by atoms with Crippen LogP contribution in [0.25, 0.3) is 0 Å². The second kappa shape index (κ2) is 7.47. The lowest BCUT2D eigenvalue weighted by Crippen LogP contribution is -2.41. The Kier molecular flexibility index (Phi) is 5.63. The lowest BCUT2D eigenvalue weighted by molar-refractivity contribution is -0.133. The Labute approximate surface area is 123 Å². The Morgan fingerprint density at radius 1 is 1.15 bits per heavy atom. The third kappa shape index (κ3) is 4.09. The van der Waals surface area contributed by atoms with Crippen LogP contribution in [0.15, 0.2) is 24.3 Å². The molecule has 0 heterocycles. The van der Waals surface area contributed by atoms with Gasteiger partial charge in [-0.1, -0.05) is 49.1 Å². The van der Waals surface area contributed by atoms with Gasteiger partial charge >= 0.3 is 0 Å². The Morgan fingerprint density at radius 2 is 1.80 bits per heavy atom. The van der Waals surface area contributed by atoms with E-state index < -0.39 is 0 Å². The van der Waals surface area contributed by atoms with E-state index in [0.717, 1.165) is 13.0 Å². The summed E-state index contributed by atoms with van der Waals surface area (Å²) in [6.07, 6.45) is 7.81. The molecule has 0 radical (unpaired) electrons. The number of benzene rings is 1. The van der Waals surface area contributed by atoms with E-state index in [2.05, 4.69) is 43.0 Å². The number of aryl methyl sites for hydroxylation is 2. The normalized spacial score (nSPS) is 16.1. The molecule has 2 rings (SSSR count). The van der Waals surface area contributed by atoms with E-state index in [1.54, 1.807) is 0 Å². The molecule has 0 spiro atoms. The Hall–Kier alpha value is -1.31. The first-order valence-corrected chi connectivity index (χ1v) is 8.05. The zero-order chi connectivity index (χ0) is 14.4. The van der Waals surface area contributed by atoms with Crippen LogP contribution in [-0.2, 0) is 11.2 Å². The van der Waals surface area contributed by atoms with Gasteiger partial charge in [0.2, 0.25) is 5.91 Å². The quantitative estimate of drug-likeness (QED) is 0.790. The van der Waals surface area contributed by atoms with Gasteiger partial charge in [-0.3, -0.25) is 4.79 Å². The van der Waals surface area contributed by atoms with Crippen LogP contribution in [0.4, 0.5) is 0 Å². The van der Waals surface area contributed by atoms with Crippen molar-refractivity contribution in [2.75, 3.05) is 6.54 Å². The molecule has 0 atom stereocenters. The van der Waals surface area contributed by atoms with Crippen molar-refractivity contribution in [3.63, 3.8) is 0 Å². The molecule has 1 aromatic carbocycles. The molecule has 110 valence electrons. The molecular weight excluding hydrogens is 246 g/mol. The minimum atomic E-state index is 0.333. The molecule has 1 fully saturated rings. The van der Waals surface area contributed by atoms with E-state index in [1.807, 2.05) is 0 Å². The monoisotopic (exact) mass is 273 g/mol. The van der Waals surface area contributed by atoms with Crippen LogP contribution in [0, 0.1) is 6.92 Å². The maximum Gasteiger partial charge on any atom is 0.223 e. The zero-order valence-electron chi connectivity index (χ0n) is 12.9. The van der Waals surface area contributed by atoms with Crippen LogP contribution < -0.4 is 0 Å². The maximum atomic E-state index is 12.4. The van der Waals surface area contributed by atoms with E-state index in [9.17, 15) is 4.79 Å². The highest BCUT2D eigenvalue weighted by atomic mass is 16.2. The van der Waals surface area contributed by atoms with Gasteiger partial charge < -0.3 is 4.90 Å². The van der Waals surface area contributed by atoms with Crippen molar-refractivity contribution in [1.29, 1.82) is 0 Å². The van der Waals surface area contributed by atoms with E-state index in [1.165, 1.54) is 43.2 Å². The van der Waals surface area contributed by atoms with Crippen molar-refractivity contribution in [2.24, 2.45) is 0 Å². The Balaban J connectivity index is 1.87. The summed E-state index contributed by atoms with van der Waals surface area (Å²) in [6, 6.07) is 9.02.